The van der Waals surface area contributed by atoms with Crippen LogP contribution in [-0.2, 0) is 4.74 Å². The number of aromatic nitrogens is 6. The number of ether oxygens (including phenoxy) is 1. The fraction of sp³-hybridized carbons (Fsp3) is 0.579. The lowest BCUT2D eigenvalue weighted by molar-refractivity contribution is 0.0284. The Labute approximate surface area is 166 Å². The van der Waals surface area contributed by atoms with Crippen molar-refractivity contribution in [2.75, 3.05) is 30.0 Å². The SMILES string of the molecule is F[C@@H]1COCC[C@@H]1Nc1nc2c(N3C[C@@H]4CC[C@H]3C4)c(-c3cn[nH]c3)ncn2n1. The van der Waals surface area contributed by atoms with Crippen molar-refractivity contribution < 1.29 is 9.13 Å². The molecule has 0 amide bonds. The highest BCUT2D eigenvalue weighted by molar-refractivity contribution is 5.85. The fourth-order valence-electron chi connectivity index (χ4n) is 4.99. The monoisotopic (exact) mass is 398 g/mol. The first-order valence-corrected chi connectivity index (χ1v) is 10.3. The van der Waals surface area contributed by atoms with Crippen LogP contribution in [0.5, 0.6) is 0 Å². The summed E-state index contributed by atoms with van der Waals surface area (Å²) in [6.07, 6.45) is 8.54. The number of aromatic amines is 1. The summed E-state index contributed by atoms with van der Waals surface area (Å²) in [5.41, 5.74) is 3.52. The molecule has 3 fully saturated rings. The van der Waals surface area contributed by atoms with Crippen LogP contribution in [0.3, 0.4) is 0 Å². The first-order valence-electron chi connectivity index (χ1n) is 10.3. The number of rotatable bonds is 4. The van der Waals surface area contributed by atoms with Crippen molar-refractivity contribution in [3.8, 4) is 11.3 Å². The Kier molecular flexibility index (Phi) is 3.93. The van der Waals surface area contributed by atoms with Crippen LogP contribution in [0.25, 0.3) is 16.9 Å². The van der Waals surface area contributed by atoms with E-state index in [0.717, 1.165) is 35.1 Å². The van der Waals surface area contributed by atoms with Gasteiger partial charge in [-0.25, -0.2) is 9.37 Å². The van der Waals surface area contributed by atoms with E-state index in [4.69, 9.17) is 9.72 Å². The number of anilines is 2. The maximum Gasteiger partial charge on any atom is 0.243 e. The molecule has 1 aliphatic carbocycles. The van der Waals surface area contributed by atoms with Gasteiger partial charge >= 0.3 is 0 Å². The van der Waals surface area contributed by atoms with Crippen LogP contribution in [-0.4, -0.2) is 67.8 Å². The van der Waals surface area contributed by atoms with E-state index in [1.165, 1.54) is 19.3 Å². The van der Waals surface area contributed by atoms with E-state index in [1.54, 1.807) is 17.0 Å². The molecular weight excluding hydrogens is 375 g/mol. The molecule has 6 rings (SSSR count). The topological polar surface area (TPSA) is 96.3 Å². The minimum Gasteiger partial charge on any atom is -0.378 e. The summed E-state index contributed by atoms with van der Waals surface area (Å²) < 4.78 is 21.1. The quantitative estimate of drug-likeness (QED) is 0.694. The van der Waals surface area contributed by atoms with E-state index in [9.17, 15) is 4.39 Å². The van der Waals surface area contributed by atoms with Gasteiger partial charge in [0.15, 0.2) is 5.65 Å². The lowest BCUT2D eigenvalue weighted by Gasteiger charge is -2.30. The zero-order chi connectivity index (χ0) is 19.4. The number of nitrogens with zero attached hydrogens (tertiary/aromatic N) is 6. The number of fused-ring (bicyclic) bond motifs is 3. The van der Waals surface area contributed by atoms with Gasteiger partial charge in [0.2, 0.25) is 5.95 Å². The third-order valence-corrected chi connectivity index (χ3v) is 6.43. The van der Waals surface area contributed by atoms with Crippen molar-refractivity contribution >= 4 is 17.3 Å². The van der Waals surface area contributed by atoms with Crippen molar-refractivity contribution in [1.82, 2.24) is 29.8 Å². The van der Waals surface area contributed by atoms with Crippen molar-refractivity contribution in [2.24, 2.45) is 5.92 Å². The number of hydrogen-bond acceptors (Lipinski definition) is 7. The fourth-order valence-corrected chi connectivity index (χ4v) is 4.99. The Morgan fingerprint density at radius 3 is 3.00 bits per heavy atom. The van der Waals surface area contributed by atoms with Crippen molar-refractivity contribution in [3.63, 3.8) is 0 Å². The molecule has 4 atom stereocenters. The van der Waals surface area contributed by atoms with Gasteiger partial charge in [-0.3, -0.25) is 5.10 Å². The van der Waals surface area contributed by atoms with E-state index in [0.29, 0.717) is 25.0 Å². The highest BCUT2D eigenvalue weighted by Crippen LogP contribution is 2.44. The first-order chi connectivity index (χ1) is 14.3. The molecular formula is C19H23FN8O. The molecule has 0 radical (unpaired) electrons. The predicted molar refractivity (Wildman–Crippen MR) is 105 cm³/mol. The predicted octanol–water partition coefficient (Wildman–Crippen LogP) is 2.04. The lowest BCUT2D eigenvalue weighted by Crippen LogP contribution is -2.39. The molecule has 10 heteroatoms. The van der Waals surface area contributed by atoms with E-state index >= 15 is 0 Å². The smallest absolute Gasteiger partial charge is 0.243 e. The first kappa shape index (κ1) is 17.1. The zero-order valence-corrected chi connectivity index (χ0v) is 16.0. The number of H-pyrrole nitrogens is 1. The van der Waals surface area contributed by atoms with Crippen LogP contribution in [0.15, 0.2) is 18.7 Å². The minimum atomic E-state index is -1.07. The van der Waals surface area contributed by atoms with Crippen LogP contribution in [0, 0.1) is 5.92 Å². The Morgan fingerprint density at radius 1 is 1.28 bits per heavy atom. The van der Waals surface area contributed by atoms with E-state index in [-0.39, 0.29) is 12.6 Å². The Balaban J connectivity index is 1.43. The molecule has 2 N–H and O–H groups in total. The molecule has 152 valence electrons. The second kappa shape index (κ2) is 6.65. The van der Waals surface area contributed by atoms with Crippen LogP contribution >= 0.6 is 0 Å². The molecule has 0 unspecified atom stereocenters. The zero-order valence-electron chi connectivity index (χ0n) is 16.0. The normalized spacial score (nSPS) is 29.1. The number of hydrogen-bond donors (Lipinski definition) is 2. The molecule has 9 nitrogen and oxygen atoms in total. The second-order valence-corrected chi connectivity index (χ2v) is 8.25. The highest BCUT2D eigenvalue weighted by Gasteiger charge is 2.40. The molecule has 29 heavy (non-hydrogen) atoms. The van der Waals surface area contributed by atoms with Gasteiger partial charge in [-0.05, 0) is 31.6 Å². The van der Waals surface area contributed by atoms with Crippen molar-refractivity contribution in [2.45, 2.75) is 43.9 Å². The summed E-state index contributed by atoms with van der Waals surface area (Å²) in [6, 6.07) is 0.172. The van der Waals surface area contributed by atoms with Crippen LogP contribution < -0.4 is 10.2 Å². The van der Waals surface area contributed by atoms with Crippen LogP contribution in [0.1, 0.15) is 25.7 Å². The maximum absolute atomic E-state index is 14.2. The molecule has 0 aromatic carbocycles. The van der Waals surface area contributed by atoms with Crippen molar-refractivity contribution in [3.05, 3.63) is 18.7 Å². The third kappa shape index (κ3) is 2.85. The summed E-state index contributed by atoms with van der Waals surface area (Å²) >= 11 is 0. The van der Waals surface area contributed by atoms with Gasteiger partial charge in [0.05, 0.1) is 18.8 Å². The number of nitrogens with one attached hydrogen (secondary N) is 2. The molecule has 1 saturated carbocycles. The van der Waals surface area contributed by atoms with Gasteiger partial charge in [-0.1, -0.05) is 0 Å². The van der Waals surface area contributed by atoms with Gasteiger partial charge in [0.1, 0.15) is 23.9 Å². The average Bonchev–Trinajstić information content (AvgIpc) is 3.52. The summed E-state index contributed by atoms with van der Waals surface area (Å²) in [5.74, 6) is 1.16. The van der Waals surface area contributed by atoms with E-state index in [2.05, 4.69) is 30.5 Å². The van der Waals surface area contributed by atoms with Gasteiger partial charge in [-0.2, -0.15) is 14.6 Å². The van der Waals surface area contributed by atoms with Crippen molar-refractivity contribution in [1.29, 1.82) is 0 Å². The largest absolute Gasteiger partial charge is 0.378 e. The molecule has 5 heterocycles. The number of halogens is 1. The standard InChI is InChI=1S/C19H23FN8O/c20-14-9-29-4-3-15(14)24-19-25-18-17(27-8-11-1-2-13(27)5-11)16(12-6-22-23-7-12)21-10-28(18)26-19/h6-7,10-11,13-15H,1-5,8-9H2,(H,22,23)(H,24,26)/t11-,13+,14-,15+/m1/s1. The summed E-state index contributed by atoms with van der Waals surface area (Å²) in [4.78, 5) is 11.9. The Hall–Kier alpha value is -2.75. The van der Waals surface area contributed by atoms with E-state index in [1.807, 2.05) is 6.20 Å². The maximum atomic E-state index is 14.2. The van der Waals surface area contributed by atoms with Crippen LogP contribution in [0.2, 0.25) is 0 Å². The van der Waals surface area contributed by atoms with Crippen LogP contribution in [0.4, 0.5) is 16.0 Å². The number of alkyl halides is 1. The van der Waals surface area contributed by atoms with Gasteiger partial charge in [0, 0.05) is 31.0 Å². The lowest BCUT2D eigenvalue weighted by atomic mass is 10.1. The molecule has 3 aromatic rings. The molecule has 2 aliphatic heterocycles. The molecule has 2 bridgehead atoms. The summed E-state index contributed by atoms with van der Waals surface area (Å²) in [6.45, 7) is 1.66. The van der Waals surface area contributed by atoms with Gasteiger partial charge in [0.25, 0.3) is 0 Å². The Bertz CT molecular complexity index is 1020. The van der Waals surface area contributed by atoms with E-state index < -0.39 is 6.17 Å². The molecule has 3 aliphatic rings. The summed E-state index contributed by atoms with van der Waals surface area (Å²) in [5, 5.41) is 14.7. The van der Waals surface area contributed by atoms with Gasteiger partial charge < -0.3 is 15.0 Å². The molecule has 3 aromatic heterocycles. The van der Waals surface area contributed by atoms with Gasteiger partial charge in [-0.15, -0.1) is 5.10 Å². The second-order valence-electron chi connectivity index (χ2n) is 8.25. The highest BCUT2D eigenvalue weighted by atomic mass is 19.1. The third-order valence-electron chi connectivity index (χ3n) is 6.43. The molecule has 0 spiro atoms. The Morgan fingerprint density at radius 2 is 2.24 bits per heavy atom. The number of piperidine rings is 1. The summed E-state index contributed by atoms with van der Waals surface area (Å²) in [7, 11) is 0. The average molecular weight is 398 g/mol. The minimum absolute atomic E-state index is 0.110. The molecule has 2 saturated heterocycles.